The zero-order valence-corrected chi connectivity index (χ0v) is 21.5. The number of fused-ring (bicyclic) bond motifs is 1. The van der Waals surface area contributed by atoms with Crippen LogP contribution in [-0.2, 0) is 24.3 Å². The zero-order chi connectivity index (χ0) is 28.5. The van der Waals surface area contributed by atoms with E-state index >= 15 is 8.78 Å². The molecule has 11 heteroatoms. The maximum absolute atomic E-state index is 15.4. The minimum Gasteiger partial charge on any atom is -0.478 e. The first kappa shape index (κ1) is 26.2. The lowest BCUT2D eigenvalue weighted by molar-refractivity contribution is -0.0589. The van der Waals surface area contributed by atoms with E-state index in [2.05, 4.69) is 9.97 Å². The van der Waals surface area contributed by atoms with Crippen molar-refractivity contribution < 1.29 is 32.6 Å². The molecule has 1 aliphatic rings. The molecular formula is C30H22F2N4O5. The number of rotatable bonds is 9. The van der Waals surface area contributed by atoms with Gasteiger partial charge in [-0.2, -0.15) is 5.26 Å². The van der Waals surface area contributed by atoms with Crippen LogP contribution in [0.5, 0.6) is 5.88 Å². The Balaban J connectivity index is 1.27. The number of carboxylic acid groups (broad SMARTS) is 1. The minimum atomic E-state index is -1.07. The van der Waals surface area contributed by atoms with Crippen molar-refractivity contribution in [2.75, 3.05) is 6.61 Å². The highest BCUT2D eigenvalue weighted by Gasteiger charge is 2.23. The summed E-state index contributed by atoms with van der Waals surface area (Å²) in [6, 6.07) is 16.6. The summed E-state index contributed by atoms with van der Waals surface area (Å²) in [5, 5.41) is 18.3. The van der Waals surface area contributed by atoms with E-state index in [9.17, 15) is 9.90 Å². The predicted molar refractivity (Wildman–Crippen MR) is 141 cm³/mol. The molecule has 0 radical (unpaired) electrons. The van der Waals surface area contributed by atoms with Gasteiger partial charge in [-0.25, -0.2) is 23.5 Å². The summed E-state index contributed by atoms with van der Waals surface area (Å²) in [5.41, 5.74) is 1.49. The fraction of sp³-hybridized carbons (Fsp3) is 0.200. The van der Waals surface area contributed by atoms with Crippen LogP contribution in [0.2, 0.25) is 0 Å². The predicted octanol–water partition coefficient (Wildman–Crippen LogP) is 5.50. The Morgan fingerprint density at radius 2 is 1.98 bits per heavy atom. The van der Waals surface area contributed by atoms with E-state index in [-0.39, 0.29) is 53.2 Å². The third-order valence-electron chi connectivity index (χ3n) is 6.87. The molecule has 5 aromatic rings. The minimum absolute atomic E-state index is 0.00870. The number of pyridine rings is 1. The van der Waals surface area contributed by atoms with Crippen molar-refractivity contribution in [3.05, 3.63) is 101 Å². The zero-order valence-electron chi connectivity index (χ0n) is 21.5. The number of hydrogen-bond acceptors (Lipinski definition) is 7. The molecule has 1 saturated heterocycles. The average molecular weight is 557 g/mol. The third kappa shape index (κ3) is 5.37. The number of carboxylic acids is 1. The summed E-state index contributed by atoms with van der Waals surface area (Å²) in [6.45, 7) is 1.07. The Labute approximate surface area is 232 Å². The van der Waals surface area contributed by atoms with Crippen molar-refractivity contribution in [3.8, 4) is 23.2 Å². The Kier molecular flexibility index (Phi) is 6.91. The number of nitrogens with zero attached hydrogens (tertiary/aromatic N) is 4. The number of hydrogen-bond donors (Lipinski definition) is 1. The van der Waals surface area contributed by atoms with Crippen LogP contribution in [0.25, 0.3) is 22.3 Å². The summed E-state index contributed by atoms with van der Waals surface area (Å²) < 4.78 is 49.0. The normalized spacial score (nSPS) is 14.5. The van der Waals surface area contributed by atoms with E-state index in [1.165, 1.54) is 18.2 Å². The van der Waals surface area contributed by atoms with Crippen LogP contribution in [0.1, 0.15) is 39.7 Å². The lowest BCUT2D eigenvalue weighted by Gasteiger charge is -2.27. The van der Waals surface area contributed by atoms with Gasteiger partial charge in [-0.05, 0) is 60.5 Å². The molecule has 0 amide bonds. The molecule has 4 heterocycles. The molecule has 0 aliphatic carbocycles. The van der Waals surface area contributed by atoms with Gasteiger partial charge in [0.25, 0.3) is 0 Å². The van der Waals surface area contributed by atoms with Crippen molar-refractivity contribution in [2.24, 2.45) is 0 Å². The van der Waals surface area contributed by atoms with Gasteiger partial charge in [-0.1, -0.05) is 6.07 Å². The van der Waals surface area contributed by atoms with Crippen LogP contribution < -0.4 is 4.74 Å². The van der Waals surface area contributed by atoms with Crippen molar-refractivity contribution in [2.45, 2.75) is 32.1 Å². The number of furan rings is 1. The van der Waals surface area contributed by atoms with Crippen molar-refractivity contribution in [1.82, 2.24) is 14.5 Å². The smallest absolute Gasteiger partial charge is 0.335 e. The molecule has 2 aromatic carbocycles. The standard InChI is InChI=1S/C30H22F2N4O5/c31-23-13-22(25-2-1-3-29(35-25)40-16-21-6-5-19(14-33)41-21)24(32)10-18(23)12-28-34-26-7-4-17(30(37)38)11-27(26)36(28)15-20-8-9-39-20/h1-7,10-11,13,20H,8-9,12,15-16H2,(H,37,38)/t20-/m0/s1. The van der Waals surface area contributed by atoms with Gasteiger partial charge in [0.1, 0.15) is 35.9 Å². The fourth-order valence-electron chi connectivity index (χ4n) is 4.67. The van der Waals surface area contributed by atoms with E-state index in [0.717, 1.165) is 18.6 Å². The van der Waals surface area contributed by atoms with Crippen molar-refractivity contribution >= 4 is 17.0 Å². The topological polar surface area (TPSA) is 123 Å². The van der Waals surface area contributed by atoms with Crippen LogP contribution in [0.15, 0.2) is 65.1 Å². The largest absolute Gasteiger partial charge is 0.478 e. The number of benzene rings is 2. The number of nitriles is 1. The first-order valence-corrected chi connectivity index (χ1v) is 12.8. The van der Waals surface area contributed by atoms with Crippen LogP contribution in [-0.4, -0.2) is 38.3 Å². The third-order valence-corrected chi connectivity index (χ3v) is 6.87. The number of aromatic carboxylic acids is 1. The Morgan fingerprint density at radius 1 is 1.12 bits per heavy atom. The lowest BCUT2D eigenvalue weighted by atomic mass is 10.0. The molecule has 6 rings (SSSR count). The molecule has 3 aromatic heterocycles. The van der Waals surface area contributed by atoms with Gasteiger partial charge < -0.3 is 23.6 Å². The first-order valence-electron chi connectivity index (χ1n) is 12.8. The van der Waals surface area contributed by atoms with Crippen molar-refractivity contribution in [3.63, 3.8) is 0 Å². The molecule has 1 atom stereocenters. The van der Waals surface area contributed by atoms with E-state index in [4.69, 9.17) is 19.2 Å². The highest BCUT2D eigenvalue weighted by Crippen LogP contribution is 2.29. The van der Waals surface area contributed by atoms with Crippen molar-refractivity contribution in [1.29, 1.82) is 5.26 Å². The number of imidazole rings is 1. The molecular weight excluding hydrogens is 534 g/mol. The number of halogens is 2. The Hall–Kier alpha value is -5.08. The molecule has 0 saturated carbocycles. The highest BCUT2D eigenvalue weighted by atomic mass is 19.1. The fourth-order valence-corrected chi connectivity index (χ4v) is 4.67. The summed E-state index contributed by atoms with van der Waals surface area (Å²) in [4.78, 5) is 20.4. The summed E-state index contributed by atoms with van der Waals surface area (Å²) in [6.07, 6.45) is 0.760. The molecule has 0 bridgehead atoms. The van der Waals surface area contributed by atoms with Crippen LogP contribution in [0, 0.1) is 23.0 Å². The quantitative estimate of drug-likeness (QED) is 0.253. The van der Waals surface area contributed by atoms with Gasteiger partial charge >= 0.3 is 5.97 Å². The SMILES string of the molecule is N#Cc1ccc(COc2cccc(-c3cc(F)c(Cc4nc5ccc(C(=O)O)cc5n4C[C@@H]4CCO4)cc3F)n2)o1. The summed E-state index contributed by atoms with van der Waals surface area (Å²) >= 11 is 0. The van der Waals surface area contributed by atoms with Gasteiger partial charge in [-0.15, -0.1) is 0 Å². The van der Waals surface area contributed by atoms with Gasteiger partial charge in [0.05, 0.1) is 34.9 Å². The van der Waals surface area contributed by atoms with E-state index in [0.29, 0.717) is 35.8 Å². The highest BCUT2D eigenvalue weighted by molar-refractivity contribution is 5.92. The second-order valence-corrected chi connectivity index (χ2v) is 9.56. The van der Waals surface area contributed by atoms with Gasteiger partial charge in [0, 0.05) is 24.7 Å². The van der Waals surface area contributed by atoms with E-state index in [1.807, 2.05) is 10.6 Å². The number of aromatic nitrogens is 3. The molecule has 9 nitrogen and oxygen atoms in total. The lowest BCUT2D eigenvalue weighted by Crippen LogP contribution is -2.31. The first-order chi connectivity index (χ1) is 19.9. The second kappa shape index (κ2) is 10.8. The molecule has 206 valence electrons. The Bertz CT molecular complexity index is 1820. The molecule has 1 N–H and O–H groups in total. The number of ether oxygens (including phenoxy) is 2. The van der Waals surface area contributed by atoms with E-state index < -0.39 is 17.6 Å². The van der Waals surface area contributed by atoms with Crippen LogP contribution >= 0.6 is 0 Å². The maximum Gasteiger partial charge on any atom is 0.335 e. The molecule has 1 aliphatic heterocycles. The van der Waals surface area contributed by atoms with E-state index in [1.54, 1.807) is 30.3 Å². The number of carbonyl (C=O) groups is 1. The molecule has 41 heavy (non-hydrogen) atoms. The maximum atomic E-state index is 15.4. The van der Waals surface area contributed by atoms with Gasteiger partial charge in [-0.3, -0.25) is 0 Å². The van der Waals surface area contributed by atoms with Crippen LogP contribution in [0.4, 0.5) is 8.78 Å². The van der Waals surface area contributed by atoms with Gasteiger partial charge in [0.2, 0.25) is 11.6 Å². The average Bonchev–Trinajstić information content (AvgIpc) is 3.55. The molecule has 1 fully saturated rings. The van der Waals surface area contributed by atoms with Crippen LogP contribution in [0.3, 0.4) is 0 Å². The molecule has 0 unspecified atom stereocenters. The van der Waals surface area contributed by atoms with Gasteiger partial charge in [0.15, 0.2) is 0 Å². The second-order valence-electron chi connectivity index (χ2n) is 9.56. The molecule has 0 spiro atoms. The summed E-state index contributed by atoms with van der Waals surface area (Å²) in [5.74, 6) is -1.16. The monoisotopic (exact) mass is 556 g/mol. The summed E-state index contributed by atoms with van der Waals surface area (Å²) in [7, 11) is 0. The Morgan fingerprint density at radius 3 is 2.71 bits per heavy atom.